The molecular formula is C16H23N3O. The number of likely N-dealkylation sites (tertiary alicyclic amines) is 1. The van der Waals surface area contributed by atoms with Crippen molar-refractivity contribution >= 4 is 5.91 Å². The highest BCUT2D eigenvalue weighted by atomic mass is 16.2. The van der Waals surface area contributed by atoms with Gasteiger partial charge in [0.05, 0.1) is 5.54 Å². The van der Waals surface area contributed by atoms with E-state index in [1.54, 1.807) is 0 Å². The minimum Gasteiger partial charge on any atom is -0.350 e. The maximum atomic E-state index is 11.8. The highest BCUT2D eigenvalue weighted by molar-refractivity contribution is 5.88. The van der Waals surface area contributed by atoms with Crippen LogP contribution in [0.5, 0.6) is 0 Å². The van der Waals surface area contributed by atoms with Crippen LogP contribution in [-0.4, -0.2) is 29.4 Å². The Labute approximate surface area is 120 Å². The zero-order chi connectivity index (χ0) is 14.0. The minimum absolute atomic E-state index is 0.0116. The van der Waals surface area contributed by atoms with Gasteiger partial charge in [0.1, 0.15) is 0 Å². The lowest BCUT2D eigenvalue weighted by molar-refractivity contribution is -0.123. The van der Waals surface area contributed by atoms with Gasteiger partial charge in [-0.1, -0.05) is 24.3 Å². The second-order valence-electron chi connectivity index (χ2n) is 6.14. The summed E-state index contributed by atoms with van der Waals surface area (Å²) in [6, 6.07) is 8.48. The van der Waals surface area contributed by atoms with Gasteiger partial charge in [-0.05, 0) is 49.9 Å². The van der Waals surface area contributed by atoms with Gasteiger partial charge in [-0.2, -0.15) is 0 Å². The Morgan fingerprint density at radius 1 is 1.25 bits per heavy atom. The van der Waals surface area contributed by atoms with Crippen LogP contribution in [-0.2, 0) is 17.9 Å². The number of nitrogens with zero attached hydrogens (tertiary/aromatic N) is 1. The highest BCUT2D eigenvalue weighted by Gasteiger charge is 2.45. The van der Waals surface area contributed by atoms with Crippen molar-refractivity contribution in [2.75, 3.05) is 13.1 Å². The molecule has 0 unspecified atom stereocenters. The molecule has 2 fully saturated rings. The molecule has 2 aliphatic rings. The van der Waals surface area contributed by atoms with Gasteiger partial charge in [0, 0.05) is 13.1 Å². The van der Waals surface area contributed by atoms with E-state index in [4.69, 9.17) is 5.73 Å². The van der Waals surface area contributed by atoms with Crippen molar-refractivity contribution in [2.24, 2.45) is 5.73 Å². The summed E-state index contributed by atoms with van der Waals surface area (Å²) in [5.41, 5.74) is 7.78. The molecule has 3 rings (SSSR count). The molecule has 4 heteroatoms. The second-order valence-corrected chi connectivity index (χ2v) is 6.14. The van der Waals surface area contributed by atoms with Crippen molar-refractivity contribution in [3.8, 4) is 0 Å². The third-order valence-electron chi connectivity index (χ3n) is 4.29. The molecule has 0 bridgehead atoms. The van der Waals surface area contributed by atoms with E-state index in [-0.39, 0.29) is 5.91 Å². The molecule has 1 saturated heterocycles. The number of benzene rings is 1. The van der Waals surface area contributed by atoms with Gasteiger partial charge in [0.2, 0.25) is 5.91 Å². The van der Waals surface area contributed by atoms with Crippen molar-refractivity contribution in [1.82, 2.24) is 10.2 Å². The largest absolute Gasteiger partial charge is 0.350 e. The number of carbonyl (C=O) groups excluding carboxylic acids is 1. The first kappa shape index (κ1) is 13.6. The summed E-state index contributed by atoms with van der Waals surface area (Å²) < 4.78 is 0. The normalized spacial score (nSPS) is 20.9. The standard InChI is InChI=1S/C16H23N3O/c17-16(6-7-16)15(20)18-11-13-4-3-5-14(10-13)12-19-8-1-2-9-19/h3-5,10H,1-2,6-9,11-12,17H2,(H,18,20). The number of carbonyl (C=O) groups is 1. The molecule has 4 nitrogen and oxygen atoms in total. The van der Waals surface area contributed by atoms with Crippen LogP contribution in [0.4, 0.5) is 0 Å². The van der Waals surface area contributed by atoms with Crippen molar-refractivity contribution in [3.05, 3.63) is 35.4 Å². The Morgan fingerprint density at radius 3 is 2.65 bits per heavy atom. The lowest BCUT2D eigenvalue weighted by Crippen LogP contribution is -2.42. The first-order chi connectivity index (χ1) is 9.66. The molecule has 1 aromatic carbocycles. The lowest BCUT2D eigenvalue weighted by Gasteiger charge is -2.15. The van der Waals surface area contributed by atoms with Crippen LogP contribution in [0.3, 0.4) is 0 Å². The van der Waals surface area contributed by atoms with Gasteiger partial charge in [0.15, 0.2) is 0 Å². The summed E-state index contributed by atoms with van der Waals surface area (Å²) in [5, 5.41) is 2.94. The number of nitrogens with two attached hydrogens (primary N) is 1. The molecule has 0 aromatic heterocycles. The van der Waals surface area contributed by atoms with Gasteiger partial charge in [-0.25, -0.2) is 0 Å². The third-order valence-corrected chi connectivity index (χ3v) is 4.29. The molecule has 0 spiro atoms. The molecule has 1 heterocycles. The zero-order valence-corrected chi connectivity index (χ0v) is 11.9. The molecule has 1 aromatic rings. The summed E-state index contributed by atoms with van der Waals surface area (Å²) >= 11 is 0. The predicted octanol–water partition coefficient (Wildman–Crippen LogP) is 1.39. The van der Waals surface area contributed by atoms with Gasteiger partial charge in [-0.3, -0.25) is 9.69 Å². The Kier molecular flexibility index (Phi) is 3.76. The Hall–Kier alpha value is -1.39. The van der Waals surface area contributed by atoms with Crippen LogP contribution in [0.1, 0.15) is 36.8 Å². The van der Waals surface area contributed by atoms with Crippen LogP contribution in [0, 0.1) is 0 Å². The van der Waals surface area contributed by atoms with Crippen molar-refractivity contribution in [1.29, 1.82) is 0 Å². The smallest absolute Gasteiger partial charge is 0.240 e. The SMILES string of the molecule is NC1(C(=O)NCc2cccc(CN3CCCC3)c2)CC1. The fourth-order valence-corrected chi connectivity index (χ4v) is 2.76. The van der Waals surface area contributed by atoms with Gasteiger partial charge in [-0.15, -0.1) is 0 Å². The molecule has 3 N–H and O–H groups in total. The average Bonchev–Trinajstić information content (AvgIpc) is 3.00. The molecule has 1 amide bonds. The summed E-state index contributed by atoms with van der Waals surface area (Å²) in [5.74, 6) is -0.0116. The van der Waals surface area contributed by atoms with Crippen LogP contribution in [0.15, 0.2) is 24.3 Å². The van der Waals surface area contributed by atoms with E-state index in [0.717, 1.165) is 24.9 Å². The maximum Gasteiger partial charge on any atom is 0.240 e. The molecule has 0 radical (unpaired) electrons. The molecule has 1 saturated carbocycles. The molecule has 1 aliphatic carbocycles. The Morgan fingerprint density at radius 2 is 1.95 bits per heavy atom. The number of hydrogen-bond acceptors (Lipinski definition) is 3. The first-order valence-corrected chi connectivity index (χ1v) is 7.53. The topological polar surface area (TPSA) is 58.4 Å². The third kappa shape index (κ3) is 3.19. The summed E-state index contributed by atoms with van der Waals surface area (Å²) in [6.07, 6.45) is 4.25. The Bertz CT molecular complexity index is 490. The lowest BCUT2D eigenvalue weighted by atomic mass is 10.1. The maximum absolute atomic E-state index is 11.8. The van der Waals surface area contributed by atoms with E-state index in [2.05, 4.69) is 34.5 Å². The van der Waals surface area contributed by atoms with Crippen molar-refractivity contribution < 1.29 is 4.79 Å². The average molecular weight is 273 g/mol. The Balaban J connectivity index is 1.55. The molecule has 20 heavy (non-hydrogen) atoms. The summed E-state index contributed by atoms with van der Waals surface area (Å²) in [7, 11) is 0. The molecular weight excluding hydrogens is 250 g/mol. The summed E-state index contributed by atoms with van der Waals surface area (Å²) in [6.45, 7) is 4.00. The fourth-order valence-electron chi connectivity index (χ4n) is 2.76. The quantitative estimate of drug-likeness (QED) is 0.852. The van der Waals surface area contributed by atoms with Crippen LogP contribution < -0.4 is 11.1 Å². The molecule has 108 valence electrons. The van der Waals surface area contributed by atoms with Crippen LogP contribution in [0.25, 0.3) is 0 Å². The summed E-state index contributed by atoms with van der Waals surface area (Å²) in [4.78, 5) is 14.3. The van der Waals surface area contributed by atoms with Crippen LogP contribution in [0.2, 0.25) is 0 Å². The van der Waals surface area contributed by atoms with Gasteiger partial charge >= 0.3 is 0 Å². The van der Waals surface area contributed by atoms with E-state index >= 15 is 0 Å². The second kappa shape index (κ2) is 5.54. The predicted molar refractivity (Wildman–Crippen MR) is 79.0 cm³/mol. The number of hydrogen-bond donors (Lipinski definition) is 2. The van der Waals surface area contributed by atoms with Crippen LogP contribution >= 0.6 is 0 Å². The van der Waals surface area contributed by atoms with E-state index in [1.807, 2.05) is 0 Å². The van der Waals surface area contributed by atoms with E-state index in [1.165, 1.54) is 31.5 Å². The van der Waals surface area contributed by atoms with E-state index in [9.17, 15) is 4.79 Å². The molecule has 0 atom stereocenters. The minimum atomic E-state index is -0.576. The monoisotopic (exact) mass is 273 g/mol. The number of nitrogens with one attached hydrogen (secondary N) is 1. The molecule has 1 aliphatic heterocycles. The number of rotatable bonds is 5. The van der Waals surface area contributed by atoms with Gasteiger partial charge in [0.25, 0.3) is 0 Å². The van der Waals surface area contributed by atoms with Crippen molar-refractivity contribution in [3.63, 3.8) is 0 Å². The van der Waals surface area contributed by atoms with Crippen molar-refractivity contribution in [2.45, 2.75) is 44.3 Å². The van der Waals surface area contributed by atoms with E-state index < -0.39 is 5.54 Å². The zero-order valence-electron chi connectivity index (χ0n) is 11.9. The highest BCUT2D eigenvalue weighted by Crippen LogP contribution is 2.32. The fraction of sp³-hybridized carbons (Fsp3) is 0.562. The number of amides is 1. The van der Waals surface area contributed by atoms with Gasteiger partial charge < -0.3 is 11.1 Å². The first-order valence-electron chi connectivity index (χ1n) is 7.53. The van der Waals surface area contributed by atoms with E-state index in [0.29, 0.717) is 6.54 Å².